The summed E-state index contributed by atoms with van der Waals surface area (Å²) >= 11 is 1.72. The molecule has 1 N–H and O–H groups in total. The molecule has 1 atom stereocenters. The molecule has 0 bridgehead atoms. The Kier molecular flexibility index (Phi) is 3.57. The first-order valence-electron chi connectivity index (χ1n) is 7.20. The summed E-state index contributed by atoms with van der Waals surface area (Å²) in [4.78, 5) is 8.31. The Morgan fingerprint density at radius 3 is 2.78 bits per heavy atom. The molecule has 1 aliphatic heterocycles. The number of fused-ring (bicyclic) bond motifs is 1. The number of aliphatic hydroxyl groups excluding tert-OH is 1. The largest absolute Gasteiger partial charge is 0.388 e. The molecule has 0 aromatic carbocycles. The van der Waals surface area contributed by atoms with E-state index in [-0.39, 0.29) is 6.10 Å². The highest BCUT2D eigenvalue weighted by Crippen LogP contribution is 2.38. The van der Waals surface area contributed by atoms with Crippen LogP contribution in [0.2, 0.25) is 0 Å². The number of piperidine rings is 1. The van der Waals surface area contributed by atoms with Gasteiger partial charge in [-0.15, -0.1) is 0 Å². The molecule has 1 aromatic rings. The Labute approximate surface area is 113 Å². The summed E-state index contributed by atoms with van der Waals surface area (Å²) in [5, 5.41) is 11.2. The van der Waals surface area contributed by atoms with Gasteiger partial charge in [0.1, 0.15) is 0 Å². The van der Waals surface area contributed by atoms with Gasteiger partial charge in [0.2, 0.25) is 0 Å². The van der Waals surface area contributed by atoms with Crippen LogP contribution < -0.4 is 4.90 Å². The average Bonchev–Trinajstić information content (AvgIpc) is 2.84. The summed E-state index contributed by atoms with van der Waals surface area (Å²) in [5.74, 6) is 0.904. The van der Waals surface area contributed by atoms with E-state index in [1.807, 2.05) is 0 Å². The number of hydrogen-bond acceptors (Lipinski definition) is 4. The van der Waals surface area contributed by atoms with Crippen LogP contribution >= 0.6 is 11.3 Å². The van der Waals surface area contributed by atoms with Crippen molar-refractivity contribution in [2.24, 2.45) is 5.92 Å². The number of aromatic nitrogens is 1. The van der Waals surface area contributed by atoms with Gasteiger partial charge in [0, 0.05) is 13.1 Å². The SMILES string of the molecule is CCC1CCN(c2nc3c(s2)C(O)CCC3)CC1. The van der Waals surface area contributed by atoms with Gasteiger partial charge in [0.15, 0.2) is 5.13 Å². The Hall–Kier alpha value is -0.610. The summed E-state index contributed by atoms with van der Waals surface area (Å²) in [6, 6.07) is 0. The van der Waals surface area contributed by atoms with Crippen LogP contribution in [-0.2, 0) is 6.42 Å². The van der Waals surface area contributed by atoms with Crippen molar-refractivity contribution in [1.29, 1.82) is 0 Å². The van der Waals surface area contributed by atoms with Gasteiger partial charge in [-0.3, -0.25) is 0 Å². The molecule has 0 radical (unpaired) electrons. The van der Waals surface area contributed by atoms with Crippen molar-refractivity contribution in [3.8, 4) is 0 Å². The molecule has 18 heavy (non-hydrogen) atoms. The molecule has 0 spiro atoms. The van der Waals surface area contributed by atoms with Gasteiger partial charge in [-0.25, -0.2) is 4.98 Å². The number of aryl methyl sites for hydroxylation is 1. The number of rotatable bonds is 2. The second kappa shape index (κ2) is 5.17. The number of nitrogens with zero attached hydrogens (tertiary/aromatic N) is 2. The molecule has 3 rings (SSSR count). The molecule has 3 nitrogen and oxygen atoms in total. The van der Waals surface area contributed by atoms with Crippen molar-refractivity contribution < 1.29 is 5.11 Å². The highest BCUT2D eigenvalue weighted by atomic mass is 32.1. The maximum atomic E-state index is 10.0. The lowest BCUT2D eigenvalue weighted by Crippen LogP contribution is -2.33. The molecule has 1 fully saturated rings. The summed E-state index contributed by atoms with van der Waals surface area (Å²) in [7, 11) is 0. The van der Waals surface area contributed by atoms with E-state index >= 15 is 0 Å². The van der Waals surface area contributed by atoms with Gasteiger partial charge in [-0.1, -0.05) is 24.7 Å². The highest BCUT2D eigenvalue weighted by Gasteiger charge is 2.26. The molecule has 1 saturated heterocycles. The van der Waals surface area contributed by atoms with Crippen LogP contribution in [0.25, 0.3) is 0 Å². The van der Waals surface area contributed by atoms with Crippen molar-refractivity contribution in [2.45, 2.75) is 51.6 Å². The summed E-state index contributed by atoms with van der Waals surface area (Å²) in [6.07, 6.45) is 6.68. The van der Waals surface area contributed by atoms with Gasteiger partial charge >= 0.3 is 0 Å². The third-order valence-electron chi connectivity index (χ3n) is 4.37. The number of hydrogen-bond donors (Lipinski definition) is 1. The second-order valence-electron chi connectivity index (χ2n) is 5.55. The topological polar surface area (TPSA) is 36.4 Å². The number of thiazole rings is 1. The molecule has 1 unspecified atom stereocenters. The molecule has 0 amide bonds. The van der Waals surface area contributed by atoms with E-state index in [0.29, 0.717) is 0 Å². The van der Waals surface area contributed by atoms with E-state index in [1.54, 1.807) is 11.3 Å². The van der Waals surface area contributed by atoms with Crippen LogP contribution in [-0.4, -0.2) is 23.2 Å². The van der Waals surface area contributed by atoms with Gasteiger partial charge in [-0.2, -0.15) is 0 Å². The molecular formula is C14H22N2OS. The van der Waals surface area contributed by atoms with E-state index in [4.69, 9.17) is 4.98 Å². The molecule has 1 aromatic heterocycles. The molecule has 2 aliphatic rings. The minimum atomic E-state index is -0.256. The summed E-state index contributed by atoms with van der Waals surface area (Å²) < 4.78 is 0. The first-order valence-corrected chi connectivity index (χ1v) is 8.02. The first kappa shape index (κ1) is 12.4. The summed E-state index contributed by atoms with van der Waals surface area (Å²) in [5.41, 5.74) is 1.16. The molecule has 4 heteroatoms. The minimum Gasteiger partial charge on any atom is -0.388 e. The van der Waals surface area contributed by atoms with Gasteiger partial charge in [0.25, 0.3) is 0 Å². The Morgan fingerprint density at radius 1 is 1.33 bits per heavy atom. The Bertz CT molecular complexity index is 410. The van der Waals surface area contributed by atoms with Crippen LogP contribution in [0, 0.1) is 5.92 Å². The lowest BCUT2D eigenvalue weighted by Gasteiger charge is -2.31. The monoisotopic (exact) mass is 266 g/mol. The van der Waals surface area contributed by atoms with Crippen LogP contribution in [0.15, 0.2) is 0 Å². The van der Waals surface area contributed by atoms with E-state index in [0.717, 1.165) is 54.0 Å². The Balaban J connectivity index is 1.74. The lowest BCUT2D eigenvalue weighted by atomic mass is 9.95. The normalized spacial score (nSPS) is 25.2. The molecular weight excluding hydrogens is 244 g/mol. The van der Waals surface area contributed by atoms with Crippen molar-refractivity contribution in [3.63, 3.8) is 0 Å². The highest BCUT2D eigenvalue weighted by molar-refractivity contribution is 7.15. The molecule has 100 valence electrons. The maximum absolute atomic E-state index is 10.0. The van der Waals surface area contributed by atoms with Crippen LogP contribution in [0.1, 0.15) is 55.7 Å². The zero-order chi connectivity index (χ0) is 12.5. The zero-order valence-electron chi connectivity index (χ0n) is 11.1. The molecule has 2 heterocycles. The van der Waals surface area contributed by atoms with Crippen molar-refractivity contribution in [1.82, 2.24) is 4.98 Å². The van der Waals surface area contributed by atoms with Gasteiger partial charge in [0.05, 0.1) is 16.7 Å². The molecule has 1 aliphatic carbocycles. The second-order valence-corrected chi connectivity index (χ2v) is 6.56. The standard InChI is InChI=1S/C14H22N2OS/c1-2-10-6-8-16(9-7-10)14-15-11-4-3-5-12(17)13(11)18-14/h10,12,17H,2-9H2,1H3. The third kappa shape index (κ3) is 2.28. The third-order valence-corrected chi connectivity index (χ3v) is 5.63. The fraction of sp³-hybridized carbons (Fsp3) is 0.786. The maximum Gasteiger partial charge on any atom is 0.185 e. The number of anilines is 1. The fourth-order valence-corrected chi connectivity index (χ4v) is 4.24. The summed E-state index contributed by atoms with van der Waals surface area (Å²) in [6.45, 7) is 4.57. The van der Waals surface area contributed by atoms with E-state index in [9.17, 15) is 5.11 Å². The van der Waals surface area contributed by atoms with Crippen LogP contribution in [0.5, 0.6) is 0 Å². The zero-order valence-corrected chi connectivity index (χ0v) is 11.9. The lowest BCUT2D eigenvalue weighted by molar-refractivity contribution is 0.160. The smallest absolute Gasteiger partial charge is 0.185 e. The van der Waals surface area contributed by atoms with E-state index in [2.05, 4.69) is 11.8 Å². The van der Waals surface area contributed by atoms with Gasteiger partial charge in [-0.05, 0) is 38.0 Å². The molecule has 0 saturated carbocycles. The van der Waals surface area contributed by atoms with Crippen LogP contribution in [0.3, 0.4) is 0 Å². The van der Waals surface area contributed by atoms with E-state index in [1.165, 1.54) is 19.3 Å². The Morgan fingerprint density at radius 2 is 2.11 bits per heavy atom. The van der Waals surface area contributed by atoms with Crippen molar-refractivity contribution in [2.75, 3.05) is 18.0 Å². The fourth-order valence-electron chi connectivity index (χ4n) is 3.05. The predicted octanol–water partition coefficient (Wildman–Crippen LogP) is 3.14. The first-order chi connectivity index (χ1) is 8.78. The van der Waals surface area contributed by atoms with E-state index < -0.39 is 0 Å². The predicted molar refractivity (Wildman–Crippen MR) is 75.2 cm³/mol. The van der Waals surface area contributed by atoms with Crippen molar-refractivity contribution >= 4 is 16.5 Å². The quantitative estimate of drug-likeness (QED) is 0.893. The van der Waals surface area contributed by atoms with Crippen LogP contribution in [0.4, 0.5) is 5.13 Å². The van der Waals surface area contributed by atoms with Crippen molar-refractivity contribution in [3.05, 3.63) is 10.6 Å². The van der Waals surface area contributed by atoms with Gasteiger partial charge < -0.3 is 10.0 Å². The average molecular weight is 266 g/mol. The number of aliphatic hydroxyl groups is 1. The minimum absolute atomic E-state index is 0.256.